The van der Waals surface area contributed by atoms with Crippen LogP contribution in [-0.4, -0.2) is 39.9 Å². The summed E-state index contributed by atoms with van der Waals surface area (Å²) in [6, 6.07) is 18.4. The molecule has 0 bridgehead atoms. The van der Waals surface area contributed by atoms with Crippen LogP contribution in [-0.2, 0) is 17.7 Å². The SMILES string of the molecule is CN=C(NCCCOCCc1ccccc1)NCc1ccc(OC)cc1.I. The van der Waals surface area contributed by atoms with Gasteiger partial charge in [-0.05, 0) is 36.1 Å². The Morgan fingerprint density at radius 3 is 2.33 bits per heavy atom. The summed E-state index contributed by atoms with van der Waals surface area (Å²) in [6.45, 7) is 3.05. The molecule has 0 heterocycles. The molecule has 2 rings (SSSR count). The number of hydrogen-bond acceptors (Lipinski definition) is 3. The van der Waals surface area contributed by atoms with Gasteiger partial charge < -0.3 is 20.1 Å². The van der Waals surface area contributed by atoms with Crippen molar-refractivity contribution in [3.05, 3.63) is 65.7 Å². The van der Waals surface area contributed by atoms with Gasteiger partial charge in [0, 0.05) is 26.7 Å². The van der Waals surface area contributed by atoms with Crippen LogP contribution in [0, 0.1) is 0 Å². The molecule has 2 N–H and O–H groups in total. The second-order valence-electron chi connectivity index (χ2n) is 5.90. The Balaban J connectivity index is 0.00000364. The van der Waals surface area contributed by atoms with Crippen molar-refractivity contribution >= 4 is 29.9 Å². The van der Waals surface area contributed by atoms with Gasteiger partial charge in [-0.25, -0.2) is 0 Å². The third-order valence-corrected chi connectivity index (χ3v) is 3.98. The fourth-order valence-corrected chi connectivity index (χ4v) is 2.47. The van der Waals surface area contributed by atoms with E-state index in [-0.39, 0.29) is 24.0 Å². The van der Waals surface area contributed by atoms with Crippen LogP contribution in [0.3, 0.4) is 0 Å². The zero-order chi connectivity index (χ0) is 18.5. The Kier molecular flexibility index (Phi) is 12.3. The number of rotatable bonds is 10. The fourth-order valence-electron chi connectivity index (χ4n) is 2.47. The zero-order valence-electron chi connectivity index (χ0n) is 16.1. The van der Waals surface area contributed by atoms with E-state index in [1.54, 1.807) is 14.2 Å². The highest BCUT2D eigenvalue weighted by atomic mass is 127. The largest absolute Gasteiger partial charge is 0.497 e. The Hall–Kier alpha value is -1.80. The molecule has 5 nitrogen and oxygen atoms in total. The molecule has 0 aromatic heterocycles. The minimum Gasteiger partial charge on any atom is -0.497 e. The summed E-state index contributed by atoms with van der Waals surface area (Å²) in [4.78, 5) is 4.24. The maximum Gasteiger partial charge on any atom is 0.191 e. The van der Waals surface area contributed by atoms with Crippen LogP contribution in [0.25, 0.3) is 0 Å². The average Bonchev–Trinajstić information content (AvgIpc) is 2.70. The monoisotopic (exact) mass is 483 g/mol. The number of halogens is 1. The molecular formula is C21H30IN3O2. The number of nitrogens with one attached hydrogen (secondary N) is 2. The first-order chi connectivity index (χ1) is 12.8. The topological polar surface area (TPSA) is 54.9 Å². The summed E-state index contributed by atoms with van der Waals surface area (Å²) in [7, 11) is 3.45. The van der Waals surface area contributed by atoms with Crippen molar-refractivity contribution in [2.24, 2.45) is 4.99 Å². The number of benzene rings is 2. The van der Waals surface area contributed by atoms with Gasteiger partial charge in [-0.15, -0.1) is 24.0 Å². The van der Waals surface area contributed by atoms with Crippen LogP contribution < -0.4 is 15.4 Å². The number of guanidine groups is 1. The second kappa shape index (κ2) is 14.3. The molecule has 0 spiro atoms. The van der Waals surface area contributed by atoms with Crippen LogP contribution in [0.4, 0.5) is 0 Å². The molecule has 0 saturated carbocycles. The summed E-state index contributed by atoms with van der Waals surface area (Å²) in [5.41, 5.74) is 2.49. The number of ether oxygens (including phenoxy) is 2. The minimum absolute atomic E-state index is 0. The van der Waals surface area contributed by atoms with Crippen molar-refractivity contribution < 1.29 is 9.47 Å². The van der Waals surface area contributed by atoms with Gasteiger partial charge in [-0.2, -0.15) is 0 Å². The van der Waals surface area contributed by atoms with Gasteiger partial charge in [-0.3, -0.25) is 4.99 Å². The molecule has 27 heavy (non-hydrogen) atoms. The smallest absolute Gasteiger partial charge is 0.191 e. The highest BCUT2D eigenvalue weighted by Crippen LogP contribution is 2.10. The van der Waals surface area contributed by atoms with Gasteiger partial charge in [0.15, 0.2) is 5.96 Å². The van der Waals surface area contributed by atoms with E-state index >= 15 is 0 Å². The van der Waals surface area contributed by atoms with Crippen LogP contribution in [0.1, 0.15) is 17.5 Å². The number of hydrogen-bond donors (Lipinski definition) is 2. The standard InChI is InChI=1S/C21H29N3O2.HI/c1-22-21(24-17-19-9-11-20(25-2)12-10-19)23-14-6-15-26-16-13-18-7-4-3-5-8-18;/h3-5,7-12H,6,13-17H2,1-2H3,(H2,22,23,24);1H. The molecule has 2 aromatic carbocycles. The quantitative estimate of drug-likeness (QED) is 0.235. The Morgan fingerprint density at radius 2 is 1.67 bits per heavy atom. The molecule has 6 heteroatoms. The van der Waals surface area contributed by atoms with Gasteiger partial charge in [0.25, 0.3) is 0 Å². The maximum atomic E-state index is 5.69. The summed E-state index contributed by atoms with van der Waals surface area (Å²) in [6.07, 6.45) is 1.90. The third-order valence-electron chi connectivity index (χ3n) is 3.98. The lowest BCUT2D eigenvalue weighted by Gasteiger charge is -2.12. The molecule has 2 aromatic rings. The highest BCUT2D eigenvalue weighted by molar-refractivity contribution is 14.0. The first-order valence-corrected chi connectivity index (χ1v) is 9.01. The van der Waals surface area contributed by atoms with Crippen molar-refractivity contribution in [3.8, 4) is 5.75 Å². The fraction of sp³-hybridized carbons (Fsp3) is 0.381. The molecule has 0 aliphatic rings. The number of methoxy groups -OCH3 is 1. The van der Waals surface area contributed by atoms with E-state index in [9.17, 15) is 0 Å². The van der Waals surface area contributed by atoms with Crippen molar-refractivity contribution in [1.82, 2.24) is 10.6 Å². The van der Waals surface area contributed by atoms with Crippen molar-refractivity contribution in [3.63, 3.8) is 0 Å². The molecular weight excluding hydrogens is 453 g/mol. The first kappa shape index (κ1) is 23.2. The second-order valence-corrected chi connectivity index (χ2v) is 5.90. The molecule has 0 aliphatic heterocycles. The van der Waals surface area contributed by atoms with Crippen LogP contribution >= 0.6 is 24.0 Å². The van der Waals surface area contributed by atoms with E-state index in [1.165, 1.54) is 11.1 Å². The highest BCUT2D eigenvalue weighted by Gasteiger charge is 1.99. The number of aliphatic imine (C=N–C) groups is 1. The molecule has 0 saturated heterocycles. The zero-order valence-corrected chi connectivity index (χ0v) is 18.4. The summed E-state index contributed by atoms with van der Waals surface area (Å²) < 4.78 is 10.9. The first-order valence-electron chi connectivity index (χ1n) is 9.01. The molecule has 148 valence electrons. The van der Waals surface area contributed by atoms with Gasteiger partial charge in [0.1, 0.15) is 5.75 Å². The van der Waals surface area contributed by atoms with Gasteiger partial charge in [0.2, 0.25) is 0 Å². The van der Waals surface area contributed by atoms with E-state index in [4.69, 9.17) is 9.47 Å². The summed E-state index contributed by atoms with van der Waals surface area (Å²) in [5.74, 6) is 1.66. The minimum atomic E-state index is 0. The van der Waals surface area contributed by atoms with E-state index in [2.05, 4.69) is 39.9 Å². The molecule has 0 fully saturated rings. The number of nitrogens with zero attached hydrogens (tertiary/aromatic N) is 1. The molecule has 0 unspecified atom stereocenters. The summed E-state index contributed by atoms with van der Waals surface area (Å²) >= 11 is 0. The van der Waals surface area contributed by atoms with Crippen LogP contribution in [0.2, 0.25) is 0 Å². The van der Waals surface area contributed by atoms with Crippen molar-refractivity contribution in [1.29, 1.82) is 0 Å². The van der Waals surface area contributed by atoms with E-state index in [0.29, 0.717) is 0 Å². The lowest BCUT2D eigenvalue weighted by Crippen LogP contribution is -2.37. The van der Waals surface area contributed by atoms with Gasteiger partial charge in [0.05, 0.1) is 13.7 Å². The Morgan fingerprint density at radius 1 is 0.926 bits per heavy atom. The summed E-state index contributed by atoms with van der Waals surface area (Å²) in [5, 5.41) is 6.61. The van der Waals surface area contributed by atoms with Crippen molar-refractivity contribution in [2.75, 3.05) is 33.9 Å². The average molecular weight is 483 g/mol. The lowest BCUT2D eigenvalue weighted by molar-refractivity contribution is 0.135. The van der Waals surface area contributed by atoms with Crippen LogP contribution in [0.5, 0.6) is 5.75 Å². The lowest BCUT2D eigenvalue weighted by atomic mass is 10.2. The molecule has 0 amide bonds. The van der Waals surface area contributed by atoms with E-state index in [1.807, 2.05) is 30.3 Å². The third kappa shape index (κ3) is 9.63. The predicted octanol–water partition coefficient (Wildman–Crippen LogP) is 3.63. The Bertz CT molecular complexity index is 648. The van der Waals surface area contributed by atoms with Crippen LogP contribution in [0.15, 0.2) is 59.6 Å². The van der Waals surface area contributed by atoms with Gasteiger partial charge >= 0.3 is 0 Å². The predicted molar refractivity (Wildman–Crippen MR) is 122 cm³/mol. The van der Waals surface area contributed by atoms with Gasteiger partial charge in [-0.1, -0.05) is 42.5 Å². The Labute approximate surface area is 179 Å². The molecule has 0 aliphatic carbocycles. The molecule has 0 atom stereocenters. The van der Waals surface area contributed by atoms with E-state index in [0.717, 1.165) is 50.9 Å². The normalized spacial score (nSPS) is 10.8. The van der Waals surface area contributed by atoms with E-state index < -0.39 is 0 Å². The van der Waals surface area contributed by atoms with Crippen molar-refractivity contribution in [2.45, 2.75) is 19.4 Å². The maximum absolute atomic E-state index is 5.69. The molecule has 0 radical (unpaired) electrons.